The summed E-state index contributed by atoms with van der Waals surface area (Å²) < 4.78 is 6.82. The monoisotopic (exact) mass is 288 g/mol. The maximum absolute atomic E-state index is 12.7. The number of rotatable bonds is 6. The number of ether oxygens (including phenoxy) is 1. The molecule has 0 saturated carbocycles. The second-order valence-corrected chi connectivity index (χ2v) is 4.81. The first kappa shape index (κ1) is 15.1. The number of aryl methyl sites for hydroxylation is 1. The van der Waals surface area contributed by atoms with E-state index in [2.05, 4.69) is 4.98 Å². The molecule has 0 spiro atoms. The van der Waals surface area contributed by atoms with Gasteiger partial charge in [0.15, 0.2) is 0 Å². The van der Waals surface area contributed by atoms with Gasteiger partial charge in [0, 0.05) is 33.1 Å². The minimum atomic E-state index is -0.0862. The van der Waals surface area contributed by atoms with Crippen LogP contribution < -0.4 is 5.73 Å². The van der Waals surface area contributed by atoms with Crippen molar-refractivity contribution in [3.05, 3.63) is 48.0 Å². The minimum Gasteiger partial charge on any atom is -0.397 e. The highest BCUT2D eigenvalue weighted by atomic mass is 16.5. The van der Waals surface area contributed by atoms with E-state index in [1.165, 1.54) is 0 Å². The molecule has 2 rings (SSSR count). The molecule has 0 radical (unpaired) electrons. The third-order valence-corrected chi connectivity index (χ3v) is 3.18. The summed E-state index contributed by atoms with van der Waals surface area (Å²) in [6, 6.07) is 7.33. The third-order valence-electron chi connectivity index (χ3n) is 3.18. The van der Waals surface area contributed by atoms with Crippen molar-refractivity contribution in [1.29, 1.82) is 0 Å². The molecular formula is C15H20N4O2. The molecule has 2 aromatic heterocycles. The molecule has 0 aliphatic heterocycles. The average Bonchev–Trinajstić information content (AvgIpc) is 2.82. The zero-order valence-corrected chi connectivity index (χ0v) is 12.3. The second-order valence-electron chi connectivity index (χ2n) is 4.81. The lowest BCUT2D eigenvalue weighted by molar-refractivity contribution is 0.0668. The molecule has 0 aliphatic carbocycles. The Morgan fingerprint density at radius 1 is 1.48 bits per heavy atom. The van der Waals surface area contributed by atoms with Crippen LogP contribution in [-0.2, 0) is 18.3 Å². The van der Waals surface area contributed by atoms with Gasteiger partial charge in [-0.1, -0.05) is 6.07 Å². The lowest BCUT2D eigenvalue weighted by Gasteiger charge is -2.22. The fourth-order valence-electron chi connectivity index (χ4n) is 2.11. The zero-order chi connectivity index (χ0) is 15.2. The predicted octanol–water partition coefficient (Wildman–Crippen LogP) is 1.29. The van der Waals surface area contributed by atoms with E-state index >= 15 is 0 Å². The van der Waals surface area contributed by atoms with E-state index in [-0.39, 0.29) is 5.91 Å². The Bertz CT molecular complexity index is 595. The zero-order valence-electron chi connectivity index (χ0n) is 12.3. The van der Waals surface area contributed by atoms with Gasteiger partial charge in [0.2, 0.25) is 0 Å². The molecule has 2 heterocycles. The highest BCUT2D eigenvalue weighted by Crippen LogP contribution is 2.13. The summed E-state index contributed by atoms with van der Waals surface area (Å²) in [6.45, 7) is 1.41. The van der Waals surface area contributed by atoms with Crippen LogP contribution in [0.2, 0.25) is 0 Å². The highest BCUT2D eigenvalue weighted by molar-refractivity contribution is 5.93. The molecule has 2 aromatic rings. The molecule has 0 unspecified atom stereocenters. The van der Waals surface area contributed by atoms with E-state index in [1.807, 2.05) is 18.2 Å². The van der Waals surface area contributed by atoms with Crippen LogP contribution in [0.25, 0.3) is 0 Å². The summed E-state index contributed by atoms with van der Waals surface area (Å²) >= 11 is 0. The molecule has 2 N–H and O–H groups in total. The predicted molar refractivity (Wildman–Crippen MR) is 80.7 cm³/mol. The maximum Gasteiger partial charge on any atom is 0.270 e. The van der Waals surface area contributed by atoms with Crippen LogP contribution in [0.15, 0.2) is 36.7 Å². The fraction of sp³-hybridized carbons (Fsp3) is 0.333. The number of nitrogens with two attached hydrogens (primary N) is 1. The number of methoxy groups -OCH3 is 1. The lowest BCUT2D eigenvalue weighted by atomic mass is 10.3. The van der Waals surface area contributed by atoms with Crippen LogP contribution in [0.4, 0.5) is 5.69 Å². The van der Waals surface area contributed by atoms with E-state index in [9.17, 15) is 4.79 Å². The van der Waals surface area contributed by atoms with Crippen LogP contribution in [0.1, 0.15) is 16.2 Å². The van der Waals surface area contributed by atoms with Gasteiger partial charge in [0.05, 0.1) is 24.5 Å². The molecule has 0 bridgehead atoms. The lowest BCUT2D eigenvalue weighted by Crippen LogP contribution is -2.34. The Morgan fingerprint density at radius 3 is 2.86 bits per heavy atom. The van der Waals surface area contributed by atoms with Crippen molar-refractivity contribution < 1.29 is 9.53 Å². The molecule has 112 valence electrons. The smallest absolute Gasteiger partial charge is 0.270 e. The standard InChI is InChI=1S/C15H20N4O2/c1-18-10-12(16)9-14(18)15(20)19(7-8-21-2)11-13-5-3-4-6-17-13/h3-6,9-10H,7-8,11,16H2,1-2H3. The topological polar surface area (TPSA) is 73.4 Å². The normalized spacial score (nSPS) is 10.6. The highest BCUT2D eigenvalue weighted by Gasteiger charge is 2.19. The molecule has 0 aromatic carbocycles. The Balaban J connectivity index is 2.19. The van der Waals surface area contributed by atoms with Crippen LogP contribution >= 0.6 is 0 Å². The molecule has 21 heavy (non-hydrogen) atoms. The SMILES string of the molecule is COCCN(Cc1ccccn1)C(=O)c1cc(N)cn1C. The van der Waals surface area contributed by atoms with Crippen molar-refractivity contribution in [2.24, 2.45) is 7.05 Å². The number of pyridine rings is 1. The van der Waals surface area contributed by atoms with E-state index in [0.717, 1.165) is 5.69 Å². The Hall–Kier alpha value is -2.34. The first-order valence-corrected chi connectivity index (χ1v) is 6.71. The molecule has 6 nitrogen and oxygen atoms in total. The van der Waals surface area contributed by atoms with Crippen LogP contribution in [-0.4, -0.2) is 40.6 Å². The quantitative estimate of drug-likeness (QED) is 0.869. The van der Waals surface area contributed by atoms with Gasteiger partial charge < -0.3 is 19.9 Å². The molecule has 0 saturated heterocycles. The second kappa shape index (κ2) is 6.90. The van der Waals surface area contributed by atoms with E-state index in [4.69, 9.17) is 10.5 Å². The Kier molecular flexibility index (Phi) is 4.94. The number of nitrogens with zero attached hydrogens (tertiary/aromatic N) is 3. The number of aromatic nitrogens is 2. The van der Waals surface area contributed by atoms with E-state index < -0.39 is 0 Å². The van der Waals surface area contributed by atoms with Crippen LogP contribution in [0.3, 0.4) is 0 Å². The molecule has 1 amide bonds. The molecule has 6 heteroatoms. The van der Waals surface area contributed by atoms with Crippen molar-refractivity contribution in [2.45, 2.75) is 6.54 Å². The summed E-state index contributed by atoms with van der Waals surface area (Å²) in [6.07, 6.45) is 3.44. The summed E-state index contributed by atoms with van der Waals surface area (Å²) in [4.78, 5) is 18.6. The number of anilines is 1. The first-order valence-electron chi connectivity index (χ1n) is 6.71. The van der Waals surface area contributed by atoms with Crippen molar-refractivity contribution in [2.75, 3.05) is 26.0 Å². The summed E-state index contributed by atoms with van der Waals surface area (Å²) in [5.41, 5.74) is 7.71. The van der Waals surface area contributed by atoms with Gasteiger partial charge in [-0.3, -0.25) is 9.78 Å². The molecule has 0 fully saturated rings. The van der Waals surface area contributed by atoms with Crippen molar-refractivity contribution in [1.82, 2.24) is 14.5 Å². The third kappa shape index (κ3) is 3.82. The van der Waals surface area contributed by atoms with Gasteiger partial charge in [-0.15, -0.1) is 0 Å². The molecule has 0 atom stereocenters. The number of hydrogen-bond donors (Lipinski definition) is 1. The summed E-state index contributed by atoms with van der Waals surface area (Å²) in [5.74, 6) is -0.0862. The Labute approximate surface area is 124 Å². The molecular weight excluding hydrogens is 268 g/mol. The minimum absolute atomic E-state index is 0.0862. The van der Waals surface area contributed by atoms with Gasteiger partial charge in [-0.05, 0) is 18.2 Å². The van der Waals surface area contributed by atoms with Gasteiger partial charge in [-0.25, -0.2) is 0 Å². The molecule has 0 aliphatic rings. The summed E-state index contributed by atoms with van der Waals surface area (Å²) in [7, 11) is 3.42. The number of carbonyl (C=O) groups is 1. The number of nitrogen functional groups attached to an aromatic ring is 1. The van der Waals surface area contributed by atoms with E-state index in [0.29, 0.717) is 31.1 Å². The van der Waals surface area contributed by atoms with Gasteiger partial charge in [-0.2, -0.15) is 0 Å². The maximum atomic E-state index is 12.7. The average molecular weight is 288 g/mol. The van der Waals surface area contributed by atoms with Gasteiger partial charge >= 0.3 is 0 Å². The first-order chi connectivity index (χ1) is 10.1. The Morgan fingerprint density at radius 2 is 2.29 bits per heavy atom. The van der Waals surface area contributed by atoms with Crippen molar-refractivity contribution >= 4 is 11.6 Å². The number of amides is 1. The van der Waals surface area contributed by atoms with Crippen molar-refractivity contribution in [3.8, 4) is 0 Å². The van der Waals surface area contributed by atoms with Gasteiger partial charge in [0.1, 0.15) is 5.69 Å². The van der Waals surface area contributed by atoms with Crippen LogP contribution in [0, 0.1) is 0 Å². The largest absolute Gasteiger partial charge is 0.397 e. The number of carbonyl (C=O) groups excluding carboxylic acids is 1. The van der Waals surface area contributed by atoms with Crippen LogP contribution in [0.5, 0.6) is 0 Å². The van der Waals surface area contributed by atoms with Crippen molar-refractivity contribution in [3.63, 3.8) is 0 Å². The van der Waals surface area contributed by atoms with E-state index in [1.54, 1.807) is 42.1 Å². The summed E-state index contributed by atoms with van der Waals surface area (Å²) in [5, 5.41) is 0. The fourth-order valence-corrected chi connectivity index (χ4v) is 2.11. The van der Waals surface area contributed by atoms with Gasteiger partial charge in [0.25, 0.3) is 5.91 Å². The number of hydrogen-bond acceptors (Lipinski definition) is 4.